The Labute approximate surface area is 85.3 Å². The van der Waals surface area contributed by atoms with E-state index in [-0.39, 0.29) is 11.9 Å². The summed E-state index contributed by atoms with van der Waals surface area (Å²) in [5, 5.41) is 0. The lowest BCUT2D eigenvalue weighted by Crippen LogP contribution is -2.21. The minimum Gasteiger partial charge on any atom is -0.465 e. The second kappa shape index (κ2) is 4.16. The summed E-state index contributed by atoms with van der Waals surface area (Å²) in [6.45, 7) is 2.71. The summed E-state index contributed by atoms with van der Waals surface area (Å²) >= 11 is 0. The summed E-state index contributed by atoms with van der Waals surface area (Å²) in [7, 11) is 0. The Balaban J connectivity index is 1.79. The molecule has 0 N–H and O–H groups in total. The topological polar surface area (TPSA) is 26.3 Å². The molecule has 1 saturated carbocycles. The number of hydrogen-bond donors (Lipinski definition) is 0. The molecule has 3 atom stereocenters. The number of fused-ring (bicyclic) bond motifs is 2. The van der Waals surface area contributed by atoms with Gasteiger partial charge < -0.3 is 4.74 Å². The van der Waals surface area contributed by atoms with Crippen molar-refractivity contribution >= 4 is 5.97 Å². The SMILES string of the molecule is CCCCOC(=O)[C@@H]1CC2C=C[C@@H]1C2. The Morgan fingerprint density at radius 1 is 1.43 bits per heavy atom. The normalized spacial score (nSPS) is 33.6. The van der Waals surface area contributed by atoms with Crippen LogP contribution < -0.4 is 0 Å². The van der Waals surface area contributed by atoms with Crippen LogP contribution in [0, 0.1) is 17.8 Å². The third kappa shape index (κ3) is 1.84. The smallest absolute Gasteiger partial charge is 0.309 e. The maximum Gasteiger partial charge on any atom is 0.309 e. The van der Waals surface area contributed by atoms with Crippen LogP contribution in [0.2, 0.25) is 0 Å². The number of esters is 1. The monoisotopic (exact) mass is 194 g/mol. The van der Waals surface area contributed by atoms with E-state index < -0.39 is 0 Å². The lowest BCUT2D eigenvalue weighted by molar-refractivity contribution is -0.149. The van der Waals surface area contributed by atoms with Gasteiger partial charge in [-0.05, 0) is 31.1 Å². The molecule has 0 spiro atoms. The van der Waals surface area contributed by atoms with E-state index in [0.29, 0.717) is 18.4 Å². The molecule has 78 valence electrons. The van der Waals surface area contributed by atoms with E-state index in [1.165, 1.54) is 6.42 Å². The standard InChI is InChI=1S/C12H18O2/c1-2-3-6-14-12(13)11-8-9-4-5-10(11)7-9/h4-5,9-11H,2-3,6-8H2,1H3/t9?,10-,11-/m1/s1. The van der Waals surface area contributed by atoms with Crippen molar-refractivity contribution < 1.29 is 9.53 Å². The second-order valence-corrected chi connectivity index (χ2v) is 4.41. The van der Waals surface area contributed by atoms with Crippen LogP contribution in [-0.2, 0) is 9.53 Å². The van der Waals surface area contributed by atoms with Crippen molar-refractivity contribution in [1.29, 1.82) is 0 Å². The third-order valence-corrected chi connectivity index (χ3v) is 3.32. The van der Waals surface area contributed by atoms with Crippen LogP contribution in [0.1, 0.15) is 32.6 Å². The molecule has 0 amide bonds. The first-order valence-electron chi connectivity index (χ1n) is 5.66. The number of rotatable bonds is 4. The molecule has 0 aliphatic heterocycles. The van der Waals surface area contributed by atoms with Crippen LogP contribution in [0.25, 0.3) is 0 Å². The molecular formula is C12H18O2. The highest BCUT2D eigenvalue weighted by Crippen LogP contribution is 2.43. The molecule has 2 rings (SSSR count). The van der Waals surface area contributed by atoms with Gasteiger partial charge in [-0.2, -0.15) is 0 Å². The van der Waals surface area contributed by atoms with Crippen molar-refractivity contribution in [2.75, 3.05) is 6.61 Å². The van der Waals surface area contributed by atoms with E-state index in [9.17, 15) is 4.79 Å². The average Bonchev–Trinajstić information content (AvgIpc) is 2.79. The zero-order chi connectivity index (χ0) is 9.97. The van der Waals surface area contributed by atoms with Gasteiger partial charge in [0.05, 0.1) is 12.5 Å². The quantitative estimate of drug-likeness (QED) is 0.390. The summed E-state index contributed by atoms with van der Waals surface area (Å²) in [6, 6.07) is 0. The van der Waals surface area contributed by atoms with Gasteiger partial charge in [-0.3, -0.25) is 4.79 Å². The van der Waals surface area contributed by atoms with E-state index in [1.807, 2.05) is 0 Å². The van der Waals surface area contributed by atoms with Crippen LogP contribution in [0.5, 0.6) is 0 Å². The Kier molecular flexibility index (Phi) is 2.90. The Hall–Kier alpha value is -0.790. The van der Waals surface area contributed by atoms with Crippen molar-refractivity contribution in [2.24, 2.45) is 17.8 Å². The molecule has 2 aliphatic rings. The number of carbonyl (C=O) groups is 1. The fourth-order valence-corrected chi connectivity index (χ4v) is 2.48. The predicted molar refractivity (Wildman–Crippen MR) is 54.7 cm³/mol. The van der Waals surface area contributed by atoms with Gasteiger partial charge in [0, 0.05) is 0 Å². The van der Waals surface area contributed by atoms with Gasteiger partial charge in [0.25, 0.3) is 0 Å². The van der Waals surface area contributed by atoms with Crippen molar-refractivity contribution in [3.05, 3.63) is 12.2 Å². The largest absolute Gasteiger partial charge is 0.465 e. The van der Waals surface area contributed by atoms with Crippen molar-refractivity contribution in [3.63, 3.8) is 0 Å². The highest BCUT2D eigenvalue weighted by molar-refractivity contribution is 5.74. The third-order valence-electron chi connectivity index (χ3n) is 3.32. The molecule has 2 nitrogen and oxygen atoms in total. The average molecular weight is 194 g/mol. The first-order chi connectivity index (χ1) is 6.81. The zero-order valence-corrected chi connectivity index (χ0v) is 8.74. The lowest BCUT2D eigenvalue weighted by atomic mass is 9.94. The lowest BCUT2D eigenvalue weighted by Gasteiger charge is -2.16. The van der Waals surface area contributed by atoms with E-state index in [4.69, 9.17) is 4.74 Å². The summed E-state index contributed by atoms with van der Waals surface area (Å²) in [4.78, 5) is 11.7. The molecule has 14 heavy (non-hydrogen) atoms. The fraction of sp³-hybridized carbons (Fsp3) is 0.750. The molecule has 0 aromatic rings. The number of unbranched alkanes of at least 4 members (excludes halogenated alkanes) is 1. The fourth-order valence-electron chi connectivity index (χ4n) is 2.48. The molecule has 2 aliphatic carbocycles. The van der Waals surface area contributed by atoms with Gasteiger partial charge in [0.1, 0.15) is 0 Å². The van der Waals surface area contributed by atoms with Gasteiger partial charge in [-0.25, -0.2) is 0 Å². The molecule has 0 aromatic carbocycles. The second-order valence-electron chi connectivity index (χ2n) is 4.41. The predicted octanol–water partition coefficient (Wildman–Crippen LogP) is 2.54. The van der Waals surface area contributed by atoms with Crippen LogP contribution in [0.3, 0.4) is 0 Å². The summed E-state index contributed by atoms with van der Waals surface area (Å²) in [5.74, 6) is 1.34. The van der Waals surface area contributed by atoms with Gasteiger partial charge in [0.2, 0.25) is 0 Å². The highest BCUT2D eigenvalue weighted by atomic mass is 16.5. The molecule has 2 bridgehead atoms. The molecule has 0 radical (unpaired) electrons. The van der Waals surface area contributed by atoms with E-state index in [1.54, 1.807) is 0 Å². The van der Waals surface area contributed by atoms with Crippen LogP contribution in [0.4, 0.5) is 0 Å². The molecule has 0 heterocycles. The molecular weight excluding hydrogens is 176 g/mol. The van der Waals surface area contributed by atoms with Crippen LogP contribution >= 0.6 is 0 Å². The van der Waals surface area contributed by atoms with Gasteiger partial charge in [0.15, 0.2) is 0 Å². The van der Waals surface area contributed by atoms with E-state index in [0.717, 1.165) is 19.3 Å². The Morgan fingerprint density at radius 2 is 2.29 bits per heavy atom. The molecule has 1 unspecified atom stereocenters. The number of ether oxygens (including phenoxy) is 1. The van der Waals surface area contributed by atoms with Gasteiger partial charge in [-0.15, -0.1) is 0 Å². The minimum atomic E-state index is 0.0373. The molecule has 0 saturated heterocycles. The summed E-state index contributed by atoms with van der Waals surface area (Å²) in [6.07, 6.45) is 8.71. The number of allylic oxidation sites excluding steroid dienone is 2. The zero-order valence-electron chi connectivity index (χ0n) is 8.74. The van der Waals surface area contributed by atoms with Crippen LogP contribution in [0.15, 0.2) is 12.2 Å². The first-order valence-corrected chi connectivity index (χ1v) is 5.66. The molecule has 2 heteroatoms. The van der Waals surface area contributed by atoms with Crippen molar-refractivity contribution in [2.45, 2.75) is 32.6 Å². The summed E-state index contributed by atoms with van der Waals surface area (Å²) in [5.41, 5.74) is 0. The van der Waals surface area contributed by atoms with E-state index >= 15 is 0 Å². The van der Waals surface area contributed by atoms with Crippen molar-refractivity contribution in [1.82, 2.24) is 0 Å². The Bertz CT molecular complexity index is 245. The molecule has 0 aromatic heterocycles. The summed E-state index contributed by atoms with van der Waals surface area (Å²) < 4.78 is 5.25. The number of hydrogen-bond acceptors (Lipinski definition) is 2. The maximum absolute atomic E-state index is 11.7. The Morgan fingerprint density at radius 3 is 2.86 bits per heavy atom. The first kappa shape index (κ1) is 9.75. The minimum absolute atomic E-state index is 0.0373. The molecule has 1 fully saturated rings. The van der Waals surface area contributed by atoms with Crippen molar-refractivity contribution in [3.8, 4) is 0 Å². The van der Waals surface area contributed by atoms with E-state index in [2.05, 4.69) is 19.1 Å². The maximum atomic E-state index is 11.7. The van der Waals surface area contributed by atoms with Gasteiger partial charge >= 0.3 is 5.97 Å². The van der Waals surface area contributed by atoms with Gasteiger partial charge in [-0.1, -0.05) is 25.5 Å². The highest BCUT2D eigenvalue weighted by Gasteiger charge is 2.40. The van der Waals surface area contributed by atoms with Crippen LogP contribution in [-0.4, -0.2) is 12.6 Å². The number of carbonyl (C=O) groups excluding carboxylic acids is 1.